The number of rotatable bonds is 0. The summed E-state index contributed by atoms with van der Waals surface area (Å²) >= 11 is 0. The number of nitrogens with zero attached hydrogens (tertiary/aromatic N) is 1. The average molecular weight is 288 g/mol. The van der Waals surface area contributed by atoms with Gasteiger partial charge in [-0.3, -0.25) is 4.90 Å². The molecule has 1 fully saturated rings. The number of amides is 1. The lowest BCUT2D eigenvalue weighted by atomic mass is 9.87. The minimum absolute atomic E-state index is 0.140. The monoisotopic (exact) mass is 288 g/mol. The highest BCUT2D eigenvalue weighted by Crippen LogP contribution is 2.43. The van der Waals surface area contributed by atoms with Crippen LogP contribution in [0.5, 0.6) is 0 Å². The predicted molar refractivity (Wildman–Crippen MR) is 82.0 cm³/mol. The zero-order valence-electron chi connectivity index (χ0n) is 13.0. The summed E-state index contributed by atoms with van der Waals surface area (Å²) in [5.74, 6) is 0.397. The predicted octanol–water partition coefficient (Wildman–Crippen LogP) is 3.01. The molecule has 4 heteroatoms. The Labute approximate surface area is 126 Å². The van der Waals surface area contributed by atoms with Crippen LogP contribution in [0.2, 0.25) is 0 Å². The van der Waals surface area contributed by atoms with Gasteiger partial charge in [0.15, 0.2) is 0 Å². The summed E-state index contributed by atoms with van der Waals surface area (Å²) in [5, 5.41) is 0. The van der Waals surface area contributed by atoms with E-state index in [0.29, 0.717) is 5.92 Å². The molecule has 1 saturated heterocycles. The van der Waals surface area contributed by atoms with Gasteiger partial charge in [0.2, 0.25) is 0 Å². The lowest BCUT2D eigenvalue weighted by molar-refractivity contribution is -0.00664. The molecular weight excluding hydrogens is 264 g/mol. The van der Waals surface area contributed by atoms with Crippen LogP contribution in [0.3, 0.4) is 0 Å². The van der Waals surface area contributed by atoms with Crippen LogP contribution in [0.25, 0.3) is 0 Å². The van der Waals surface area contributed by atoms with Gasteiger partial charge < -0.3 is 10.5 Å². The number of fused-ring (bicyclic) bond motifs is 3. The summed E-state index contributed by atoms with van der Waals surface area (Å²) in [7, 11) is 0. The van der Waals surface area contributed by atoms with E-state index in [9.17, 15) is 4.79 Å². The quantitative estimate of drug-likeness (QED) is 0.798. The van der Waals surface area contributed by atoms with Crippen LogP contribution in [0.4, 0.5) is 4.79 Å². The number of piperidine rings is 1. The zero-order valence-corrected chi connectivity index (χ0v) is 13.0. The van der Waals surface area contributed by atoms with Crippen molar-refractivity contribution in [2.24, 2.45) is 5.73 Å². The number of hydrogen-bond acceptors (Lipinski definition) is 3. The second kappa shape index (κ2) is 5.02. The van der Waals surface area contributed by atoms with Crippen LogP contribution in [-0.4, -0.2) is 28.8 Å². The van der Waals surface area contributed by atoms with E-state index < -0.39 is 5.60 Å². The molecule has 3 atom stereocenters. The van der Waals surface area contributed by atoms with Crippen molar-refractivity contribution in [3.63, 3.8) is 0 Å². The number of carbonyl (C=O) groups excluding carboxylic acids is 1. The van der Waals surface area contributed by atoms with Crippen molar-refractivity contribution in [1.29, 1.82) is 0 Å². The van der Waals surface area contributed by atoms with Gasteiger partial charge in [0.25, 0.3) is 0 Å². The molecule has 0 saturated carbocycles. The first-order chi connectivity index (χ1) is 9.87. The molecule has 1 amide bonds. The van der Waals surface area contributed by atoms with Crippen molar-refractivity contribution in [2.45, 2.75) is 63.8 Å². The highest BCUT2D eigenvalue weighted by atomic mass is 16.6. The molecule has 0 aromatic heterocycles. The van der Waals surface area contributed by atoms with E-state index in [1.165, 1.54) is 11.1 Å². The Morgan fingerprint density at radius 2 is 2.00 bits per heavy atom. The Bertz CT molecular complexity index is 550. The number of benzene rings is 1. The van der Waals surface area contributed by atoms with Gasteiger partial charge in [-0.1, -0.05) is 24.3 Å². The van der Waals surface area contributed by atoms with E-state index in [4.69, 9.17) is 10.5 Å². The molecule has 1 aromatic carbocycles. The van der Waals surface area contributed by atoms with E-state index in [2.05, 4.69) is 24.3 Å². The first kappa shape index (κ1) is 14.4. The summed E-state index contributed by atoms with van der Waals surface area (Å²) in [6, 6.07) is 8.62. The second-order valence-electron chi connectivity index (χ2n) is 7.11. The molecule has 1 aliphatic heterocycles. The van der Waals surface area contributed by atoms with Crippen LogP contribution in [-0.2, 0) is 11.2 Å². The molecule has 114 valence electrons. The van der Waals surface area contributed by atoms with Crippen LogP contribution >= 0.6 is 0 Å². The van der Waals surface area contributed by atoms with Crippen LogP contribution in [0.1, 0.15) is 50.7 Å². The third-order valence-corrected chi connectivity index (χ3v) is 4.44. The molecule has 4 nitrogen and oxygen atoms in total. The van der Waals surface area contributed by atoms with Crippen LogP contribution in [0, 0.1) is 0 Å². The van der Waals surface area contributed by atoms with Gasteiger partial charge in [-0.2, -0.15) is 0 Å². The molecule has 0 bridgehead atoms. The van der Waals surface area contributed by atoms with E-state index in [1.54, 1.807) is 4.90 Å². The molecule has 3 unspecified atom stereocenters. The lowest BCUT2D eigenvalue weighted by Gasteiger charge is -2.42. The molecule has 0 spiro atoms. The molecule has 1 aromatic rings. The molecule has 1 aliphatic carbocycles. The van der Waals surface area contributed by atoms with Gasteiger partial charge >= 0.3 is 6.09 Å². The fourth-order valence-electron chi connectivity index (χ4n) is 3.62. The summed E-state index contributed by atoms with van der Waals surface area (Å²) in [4.78, 5) is 14.3. The van der Waals surface area contributed by atoms with Crippen molar-refractivity contribution >= 4 is 6.09 Å². The molecule has 1 heterocycles. The number of likely N-dealkylation sites (tertiary alicyclic amines) is 1. The maximum Gasteiger partial charge on any atom is 0.411 e. The topological polar surface area (TPSA) is 55.6 Å². The number of carbonyl (C=O) groups is 1. The van der Waals surface area contributed by atoms with Crippen molar-refractivity contribution in [1.82, 2.24) is 4.90 Å². The summed E-state index contributed by atoms with van der Waals surface area (Å²) in [6.07, 6.45) is 2.23. The fourth-order valence-corrected chi connectivity index (χ4v) is 3.62. The van der Waals surface area contributed by atoms with Crippen molar-refractivity contribution in [3.05, 3.63) is 35.4 Å². The maximum atomic E-state index is 12.5. The summed E-state index contributed by atoms with van der Waals surface area (Å²) < 4.78 is 5.56. The Kier molecular flexibility index (Phi) is 3.44. The van der Waals surface area contributed by atoms with Gasteiger partial charge in [-0.15, -0.1) is 0 Å². The van der Waals surface area contributed by atoms with Crippen molar-refractivity contribution in [3.8, 4) is 0 Å². The number of ether oxygens (including phenoxy) is 1. The lowest BCUT2D eigenvalue weighted by Crippen LogP contribution is -2.57. The Morgan fingerprint density at radius 3 is 2.71 bits per heavy atom. The summed E-state index contributed by atoms with van der Waals surface area (Å²) in [6.45, 7) is 5.67. The zero-order chi connectivity index (χ0) is 15.2. The average Bonchev–Trinajstić information content (AvgIpc) is 2.74. The Hall–Kier alpha value is -1.55. The minimum Gasteiger partial charge on any atom is -0.444 e. The van der Waals surface area contributed by atoms with E-state index in [0.717, 1.165) is 19.3 Å². The van der Waals surface area contributed by atoms with E-state index in [1.807, 2.05) is 20.8 Å². The van der Waals surface area contributed by atoms with Gasteiger partial charge in [0.05, 0.1) is 6.17 Å². The van der Waals surface area contributed by atoms with Gasteiger partial charge in [-0.05, 0) is 51.2 Å². The maximum absolute atomic E-state index is 12.5. The molecule has 2 aliphatic rings. The Balaban J connectivity index is 1.86. The molecule has 3 rings (SSSR count). The highest BCUT2D eigenvalue weighted by molar-refractivity contribution is 5.70. The number of hydrogen-bond donors (Lipinski definition) is 1. The van der Waals surface area contributed by atoms with E-state index >= 15 is 0 Å². The number of nitrogens with two attached hydrogens (primary N) is 1. The minimum atomic E-state index is -0.491. The van der Waals surface area contributed by atoms with Crippen LogP contribution < -0.4 is 5.73 Å². The molecule has 0 radical (unpaired) electrons. The highest BCUT2D eigenvalue weighted by Gasteiger charge is 2.44. The van der Waals surface area contributed by atoms with E-state index in [-0.39, 0.29) is 18.3 Å². The summed E-state index contributed by atoms with van der Waals surface area (Å²) in [5.41, 5.74) is 8.44. The molecular formula is C17H24N2O2. The van der Waals surface area contributed by atoms with Crippen LogP contribution in [0.15, 0.2) is 24.3 Å². The first-order valence-corrected chi connectivity index (χ1v) is 7.71. The van der Waals surface area contributed by atoms with Gasteiger partial charge in [0, 0.05) is 12.0 Å². The third-order valence-electron chi connectivity index (χ3n) is 4.44. The van der Waals surface area contributed by atoms with Gasteiger partial charge in [0.1, 0.15) is 5.60 Å². The smallest absolute Gasteiger partial charge is 0.411 e. The third kappa shape index (κ3) is 2.64. The second-order valence-corrected chi connectivity index (χ2v) is 7.11. The first-order valence-electron chi connectivity index (χ1n) is 7.71. The fraction of sp³-hybridized carbons (Fsp3) is 0.588. The molecule has 21 heavy (non-hydrogen) atoms. The normalized spacial score (nSPS) is 28.0. The largest absolute Gasteiger partial charge is 0.444 e. The van der Waals surface area contributed by atoms with Crippen molar-refractivity contribution < 1.29 is 9.53 Å². The standard InChI is InChI=1S/C17H24N2O2/c1-17(2,3)21-16(20)19-14-10-11-6-4-5-7-12(11)13(14)8-9-15(19)18/h4-7,13-15H,8-10,18H2,1-3H3. The SMILES string of the molecule is CC(C)(C)OC(=O)N1C(N)CCC2c3ccccc3CC21. The van der Waals surface area contributed by atoms with Crippen molar-refractivity contribution in [2.75, 3.05) is 0 Å². The van der Waals surface area contributed by atoms with Gasteiger partial charge in [-0.25, -0.2) is 4.79 Å². The Morgan fingerprint density at radius 1 is 1.29 bits per heavy atom. The molecule has 2 N–H and O–H groups in total.